The fraction of sp³-hybridized carbons (Fsp3) is 0.533. The van der Waals surface area contributed by atoms with Crippen LogP contribution in [0.15, 0.2) is 22.7 Å². The van der Waals surface area contributed by atoms with E-state index >= 15 is 0 Å². The van der Waals surface area contributed by atoms with E-state index in [2.05, 4.69) is 32.2 Å². The van der Waals surface area contributed by atoms with E-state index in [0.717, 1.165) is 28.9 Å². The fourth-order valence-corrected chi connectivity index (χ4v) is 2.98. The third-order valence-electron chi connectivity index (χ3n) is 3.70. The number of nitrogens with zero attached hydrogens (tertiary/aromatic N) is 2. The van der Waals surface area contributed by atoms with E-state index in [0.29, 0.717) is 13.1 Å². The smallest absolute Gasteiger partial charge is 0.240 e. The van der Waals surface area contributed by atoms with Crippen molar-refractivity contribution < 1.29 is 9.53 Å². The number of carbonyl (C=O) groups is 1. The van der Waals surface area contributed by atoms with Gasteiger partial charge in [-0.1, -0.05) is 15.9 Å². The SMILES string of the molecule is COc1ccc(Br)cc1CN1CCNCC1C(=O)N(C)C. The van der Waals surface area contributed by atoms with Gasteiger partial charge in [0, 0.05) is 50.3 Å². The number of amides is 1. The molecule has 1 aliphatic heterocycles. The molecule has 1 heterocycles. The second kappa shape index (κ2) is 7.24. The molecule has 116 valence electrons. The fourth-order valence-electron chi connectivity index (χ4n) is 2.57. The average molecular weight is 356 g/mol. The second-order valence-corrected chi connectivity index (χ2v) is 6.29. The molecule has 1 amide bonds. The number of hydrogen-bond donors (Lipinski definition) is 1. The number of ether oxygens (including phenoxy) is 1. The molecular weight excluding hydrogens is 334 g/mol. The molecule has 1 saturated heterocycles. The van der Waals surface area contributed by atoms with Crippen LogP contribution < -0.4 is 10.1 Å². The first-order valence-electron chi connectivity index (χ1n) is 7.01. The van der Waals surface area contributed by atoms with Crippen molar-refractivity contribution in [1.29, 1.82) is 0 Å². The highest BCUT2D eigenvalue weighted by Gasteiger charge is 2.30. The van der Waals surface area contributed by atoms with Crippen molar-refractivity contribution in [2.45, 2.75) is 12.6 Å². The van der Waals surface area contributed by atoms with E-state index < -0.39 is 0 Å². The largest absolute Gasteiger partial charge is 0.496 e. The molecule has 1 aliphatic rings. The lowest BCUT2D eigenvalue weighted by Crippen LogP contribution is -2.57. The summed E-state index contributed by atoms with van der Waals surface area (Å²) in [5.41, 5.74) is 1.09. The summed E-state index contributed by atoms with van der Waals surface area (Å²) in [7, 11) is 5.27. The van der Waals surface area contributed by atoms with Crippen LogP contribution in [0.2, 0.25) is 0 Å². The highest BCUT2D eigenvalue weighted by molar-refractivity contribution is 9.10. The standard InChI is InChI=1S/C15H22BrN3O2/c1-18(2)15(20)13-9-17-6-7-19(13)10-11-8-12(16)4-5-14(11)21-3/h4-5,8,13,17H,6-7,9-10H2,1-3H3. The number of piperazine rings is 1. The van der Waals surface area contributed by atoms with Crippen molar-refractivity contribution in [3.8, 4) is 5.75 Å². The molecule has 0 radical (unpaired) electrons. The van der Waals surface area contributed by atoms with Crippen molar-refractivity contribution >= 4 is 21.8 Å². The Morgan fingerprint density at radius 1 is 1.52 bits per heavy atom. The van der Waals surface area contributed by atoms with Crippen LogP contribution in [0.3, 0.4) is 0 Å². The number of hydrogen-bond acceptors (Lipinski definition) is 4. The minimum absolute atomic E-state index is 0.127. The molecular formula is C15H22BrN3O2. The van der Waals surface area contributed by atoms with Crippen molar-refractivity contribution in [3.05, 3.63) is 28.2 Å². The highest BCUT2D eigenvalue weighted by Crippen LogP contribution is 2.25. The Morgan fingerprint density at radius 3 is 2.95 bits per heavy atom. The van der Waals surface area contributed by atoms with Gasteiger partial charge >= 0.3 is 0 Å². The summed E-state index contributed by atoms with van der Waals surface area (Å²) >= 11 is 3.50. The number of halogens is 1. The van der Waals surface area contributed by atoms with E-state index in [9.17, 15) is 4.79 Å². The molecule has 1 aromatic rings. The Hall–Kier alpha value is -1.11. The maximum atomic E-state index is 12.3. The molecule has 1 atom stereocenters. The van der Waals surface area contributed by atoms with Gasteiger partial charge in [-0.3, -0.25) is 9.69 Å². The van der Waals surface area contributed by atoms with E-state index in [1.807, 2.05) is 12.1 Å². The molecule has 1 unspecified atom stereocenters. The van der Waals surface area contributed by atoms with Crippen LogP contribution in [0.5, 0.6) is 5.75 Å². The van der Waals surface area contributed by atoms with Gasteiger partial charge in [0.25, 0.3) is 0 Å². The van der Waals surface area contributed by atoms with Gasteiger partial charge in [0.2, 0.25) is 5.91 Å². The minimum Gasteiger partial charge on any atom is -0.496 e. The number of methoxy groups -OCH3 is 1. The quantitative estimate of drug-likeness (QED) is 0.884. The third-order valence-corrected chi connectivity index (χ3v) is 4.19. The van der Waals surface area contributed by atoms with E-state index in [-0.39, 0.29) is 11.9 Å². The molecule has 1 aromatic carbocycles. The predicted molar refractivity (Wildman–Crippen MR) is 86.5 cm³/mol. The van der Waals surface area contributed by atoms with Crippen LogP contribution in [-0.4, -0.2) is 62.6 Å². The van der Waals surface area contributed by atoms with Crippen LogP contribution in [-0.2, 0) is 11.3 Å². The van der Waals surface area contributed by atoms with E-state index in [1.54, 1.807) is 26.1 Å². The molecule has 21 heavy (non-hydrogen) atoms. The zero-order valence-corrected chi connectivity index (χ0v) is 14.3. The molecule has 0 bridgehead atoms. The molecule has 6 heteroatoms. The third kappa shape index (κ3) is 3.96. The summed E-state index contributed by atoms with van der Waals surface area (Å²) in [6.07, 6.45) is 0. The monoisotopic (exact) mass is 355 g/mol. The van der Waals surface area contributed by atoms with Crippen LogP contribution in [0, 0.1) is 0 Å². The zero-order chi connectivity index (χ0) is 15.4. The summed E-state index contributed by atoms with van der Waals surface area (Å²) in [4.78, 5) is 16.2. The lowest BCUT2D eigenvalue weighted by molar-refractivity contribution is -0.135. The lowest BCUT2D eigenvalue weighted by Gasteiger charge is -2.36. The van der Waals surface area contributed by atoms with Crippen molar-refractivity contribution in [1.82, 2.24) is 15.1 Å². The average Bonchev–Trinajstić information content (AvgIpc) is 2.47. The molecule has 1 N–H and O–H groups in total. The van der Waals surface area contributed by atoms with Gasteiger partial charge in [-0.25, -0.2) is 0 Å². The Bertz CT molecular complexity index is 508. The van der Waals surface area contributed by atoms with Crippen LogP contribution in [0.1, 0.15) is 5.56 Å². The topological polar surface area (TPSA) is 44.8 Å². The normalized spacial score (nSPS) is 19.3. The Labute approximate surface area is 134 Å². The van der Waals surface area contributed by atoms with Gasteiger partial charge in [0.15, 0.2) is 0 Å². The molecule has 2 rings (SSSR count). The van der Waals surface area contributed by atoms with Gasteiger partial charge in [0.05, 0.1) is 7.11 Å². The Morgan fingerprint density at radius 2 is 2.29 bits per heavy atom. The predicted octanol–water partition coefficient (Wildman–Crippen LogP) is 1.32. The maximum Gasteiger partial charge on any atom is 0.240 e. The van der Waals surface area contributed by atoms with Gasteiger partial charge in [-0.05, 0) is 18.2 Å². The lowest BCUT2D eigenvalue weighted by atomic mass is 10.1. The molecule has 0 aliphatic carbocycles. The summed E-state index contributed by atoms with van der Waals surface area (Å²) < 4.78 is 6.44. The van der Waals surface area contributed by atoms with Crippen LogP contribution in [0.25, 0.3) is 0 Å². The minimum atomic E-state index is -0.127. The molecule has 5 nitrogen and oxygen atoms in total. The number of nitrogens with one attached hydrogen (secondary N) is 1. The summed E-state index contributed by atoms with van der Waals surface area (Å²) in [5.74, 6) is 0.990. The molecule has 0 spiro atoms. The first kappa shape index (κ1) is 16.3. The summed E-state index contributed by atoms with van der Waals surface area (Å²) in [5, 5.41) is 3.30. The van der Waals surface area contributed by atoms with Gasteiger partial charge in [-0.2, -0.15) is 0 Å². The summed E-state index contributed by atoms with van der Waals surface area (Å²) in [6.45, 7) is 3.13. The van der Waals surface area contributed by atoms with Gasteiger partial charge in [-0.15, -0.1) is 0 Å². The number of rotatable bonds is 4. The molecule has 0 aromatic heterocycles. The van der Waals surface area contributed by atoms with Gasteiger partial charge in [0.1, 0.15) is 11.8 Å². The number of likely N-dealkylation sites (N-methyl/N-ethyl adjacent to an activating group) is 1. The van der Waals surface area contributed by atoms with E-state index in [4.69, 9.17) is 4.74 Å². The molecule has 1 fully saturated rings. The number of benzene rings is 1. The Balaban J connectivity index is 2.19. The van der Waals surface area contributed by atoms with Crippen LogP contribution in [0.4, 0.5) is 0 Å². The first-order valence-corrected chi connectivity index (χ1v) is 7.80. The second-order valence-electron chi connectivity index (χ2n) is 5.38. The summed E-state index contributed by atoms with van der Waals surface area (Å²) in [6, 6.07) is 5.84. The van der Waals surface area contributed by atoms with Gasteiger partial charge < -0.3 is 15.0 Å². The van der Waals surface area contributed by atoms with Crippen molar-refractivity contribution in [2.24, 2.45) is 0 Å². The van der Waals surface area contributed by atoms with Crippen molar-refractivity contribution in [3.63, 3.8) is 0 Å². The highest BCUT2D eigenvalue weighted by atomic mass is 79.9. The first-order chi connectivity index (χ1) is 10.0. The van der Waals surface area contributed by atoms with E-state index in [1.165, 1.54) is 0 Å². The number of carbonyl (C=O) groups excluding carboxylic acids is 1. The zero-order valence-electron chi connectivity index (χ0n) is 12.7. The van der Waals surface area contributed by atoms with Crippen LogP contribution >= 0.6 is 15.9 Å². The van der Waals surface area contributed by atoms with Crippen molar-refractivity contribution in [2.75, 3.05) is 40.8 Å². The Kier molecular flexibility index (Phi) is 5.61. The maximum absolute atomic E-state index is 12.3. The molecule has 0 saturated carbocycles.